The quantitative estimate of drug-likeness (QED) is 0.418. The highest BCUT2D eigenvalue weighted by Gasteiger charge is 2.31. The zero-order valence-corrected chi connectivity index (χ0v) is 19.2. The molecule has 5 rings (SSSR count). The van der Waals surface area contributed by atoms with E-state index < -0.39 is 11.9 Å². The van der Waals surface area contributed by atoms with Gasteiger partial charge in [-0.15, -0.1) is 0 Å². The fourth-order valence-electron chi connectivity index (χ4n) is 4.69. The molecule has 0 saturated carbocycles. The molecule has 3 heterocycles. The number of rotatable bonds is 5. The molecule has 1 aliphatic heterocycles. The lowest BCUT2D eigenvalue weighted by atomic mass is 9.94. The van der Waals surface area contributed by atoms with Gasteiger partial charge in [0, 0.05) is 36.6 Å². The van der Waals surface area contributed by atoms with Crippen molar-refractivity contribution in [3.63, 3.8) is 0 Å². The van der Waals surface area contributed by atoms with Gasteiger partial charge in [0.1, 0.15) is 5.69 Å². The number of benzene rings is 2. The van der Waals surface area contributed by atoms with Gasteiger partial charge in [-0.05, 0) is 35.1 Å². The van der Waals surface area contributed by atoms with E-state index in [9.17, 15) is 14.4 Å². The predicted molar refractivity (Wildman–Crippen MR) is 132 cm³/mol. The Kier molecular flexibility index (Phi) is 5.78. The van der Waals surface area contributed by atoms with Crippen molar-refractivity contribution in [3.05, 3.63) is 101 Å². The van der Waals surface area contributed by atoms with E-state index in [4.69, 9.17) is 5.73 Å². The first-order valence-corrected chi connectivity index (χ1v) is 11.4. The molecule has 176 valence electrons. The lowest BCUT2D eigenvalue weighted by Crippen LogP contribution is -2.44. The van der Waals surface area contributed by atoms with Gasteiger partial charge in [-0.3, -0.25) is 19.4 Å². The first-order chi connectivity index (χ1) is 16.9. The van der Waals surface area contributed by atoms with Crippen LogP contribution in [0.25, 0.3) is 10.8 Å². The molecule has 3 amide bonds. The van der Waals surface area contributed by atoms with Crippen LogP contribution in [0.4, 0.5) is 0 Å². The second-order valence-corrected chi connectivity index (χ2v) is 8.80. The smallest absolute Gasteiger partial charge is 0.272 e. The first kappa shape index (κ1) is 22.3. The molecule has 0 aliphatic carbocycles. The van der Waals surface area contributed by atoms with E-state index in [1.54, 1.807) is 30.3 Å². The molecule has 0 bridgehead atoms. The largest absolute Gasteiger partial charge is 0.369 e. The van der Waals surface area contributed by atoms with Crippen molar-refractivity contribution in [2.24, 2.45) is 5.73 Å². The van der Waals surface area contributed by atoms with Gasteiger partial charge in [0.2, 0.25) is 5.91 Å². The summed E-state index contributed by atoms with van der Waals surface area (Å²) in [6, 6.07) is 16.9. The molecule has 0 spiro atoms. The summed E-state index contributed by atoms with van der Waals surface area (Å²) in [5, 5.41) is 4.98. The summed E-state index contributed by atoms with van der Waals surface area (Å²) in [6.45, 7) is 2.52. The number of nitrogens with two attached hydrogens (primary N) is 1. The fraction of sp³-hybridized carbons (Fsp3) is 0.185. The normalized spacial score (nSPS) is 15.0. The maximum absolute atomic E-state index is 13.4. The number of H-pyrrole nitrogens is 1. The van der Waals surface area contributed by atoms with E-state index in [1.165, 1.54) is 0 Å². The van der Waals surface area contributed by atoms with Crippen molar-refractivity contribution in [2.45, 2.75) is 25.9 Å². The van der Waals surface area contributed by atoms with Crippen molar-refractivity contribution in [3.8, 4) is 0 Å². The number of amides is 3. The summed E-state index contributed by atoms with van der Waals surface area (Å²) in [4.78, 5) is 47.3. The number of aromatic nitrogens is 2. The molecule has 4 N–H and O–H groups in total. The molecule has 8 nitrogen and oxygen atoms in total. The highest BCUT2D eigenvalue weighted by atomic mass is 16.2. The van der Waals surface area contributed by atoms with Gasteiger partial charge >= 0.3 is 0 Å². The van der Waals surface area contributed by atoms with Crippen LogP contribution in [0.15, 0.2) is 67.0 Å². The first-order valence-electron chi connectivity index (χ1n) is 11.4. The topological polar surface area (TPSA) is 121 Å². The Balaban J connectivity index is 1.43. The third-order valence-corrected chi connectivity index (χ3v) is 6.37. The molecular weight excluding hydrogens is 442 g/mol. The number of aryl methyl sites for hydroxylation is 1. The van der Waals surface area contributed by atoms with Crippen molar-refractivity contribution in [1.29, 1.82) is 0 Å². The van der Waals surface area contributed by atoms with Crippen molar-refractivity contribution in [1.82, 2.24) is 20.2 Å². The molecule has 8 heteroatoms. The Bertz CT molecular complexity index is 1460. The number of nitrogens with one attached hydrogen (secondary N) is 2. The minimum absolute atomic E-state index is 0.0594. The van der Waals surface area contributed by atoms with Gasteiger partial charge in [-0.1, -0.05) is 48.5 Å². The van der Waals surface area contributed by atoms with Crippen LogP contribution in [0.1, 0.15) is 49.3 Å². The number of carbonyl (C=O) groups excluding carboxylic acids is 3. The van der Waals surface area contributed by atoms with Gasteiger partial charge in [0.25, 0.3) is 11.8 Å². The van der Waals surface area contributed by atoms with Crippen molar-refractivity contribution in [2.75, 3.05) is 6.54 Å². The monoisotopic (exact) mass is 467 g/mol. The number of fused-ring (bicyclic) bond motifs is 2. The van der Waals surface area contributed by atoms with Crippen LogP contribution in [0, 0.1) is 6.92 Å². The van der Waals surface area contributed by atoms with Crippen LogP contribution in [-0.2, 0) is 17.8 Å². The van der Waals surface area contributed by atoms with Gasteiger partial charge < -0.3 is 20.9 Å². The summed E-state index contributed by atoms with van der Waals surface area (Å²) >= 11 is 0. The molecule has 1 aliphatic rings. The fourth-order valence-corrected chi connectivity index (χ4v) is 4.69. The molecular formula is C27H25N5O3. The lowest BCUT2D eigenvalue weighted by Gasteiger charge is -2.35. The van der Waals surface area contributed by atoms with Crippen LogP contribution in [0.3, 0.4) is 0 Å². The number of primary amides is 1. The van der Waals surface area contributed by atoms with Crippen LogP contribution in [0.5, 0.6) is 0 Å². The zero-order valence-electron chi connectivity index (χ0n) is 19.2. The maximum atomic E-state index is 13.4. The average Bonchev–Trinajstić information content (AvgIpc) is 3.22. The van der Waals surface area contributed by atoms with E-state index in [0.29, 0.717) is 30.0 Å². The second-order valence-electron chi connectivity index (χ2n) is 8.80. The molecule has 0 fully saturated rings. The molecule has 1 atom stereocenters. The number of hydrogen-bond acceptors (Lipinski definition) is 4. The Hall–Kier alpha value is -4.46. The lowest BCUT2D eigenvalue weighted by molar-refractivity contribution is -0.117. The Morgan fingerprint density at radius 1 is 1.11 bits per heavy atom. The van der Waals surface area contributed by atoms with Crippen LogP contribution in [0.2, 0.25) is 0 Å². The van der Waals surface area contributed by atoms with Crippen LogP contribution < -0.4 is 11.1 Å². The van der Waals surface area contributed by atoms with Crippen LogP contribution >= 0.6 is 0 Å². The third-order valence-electron chi connectivity index (χ3n) is 6.37. The summed E-state index contributed by atoms with van der Waals surface area (Å²) in [5.41, 5.74) is 9.23. The summed E-state index contributed by atoms with van der Waals surface area (Å²) in [5.74, 6) is -1.04. The second kappa shape index (κ2) is 9.06. The molecule has 2 aromatic heterocycles. The van der Waals surface area contributed by atoms with Crippen molar-refractivity contribution >= 4 is 28.5 Å². The van der Waals surface area contributed by atoms with Crippen LogP contribution in [-0.4, -0.2) is 39.1 Å². The van der Waals surface area contributed by atoms with Gasteiger partial charge in [-0.25, -0.2) is 0 Å². The van der Waals surface area contributed by atoms with E-state index in [-0.39, 0.29) is 18.2 Å². The molecule has 0 saturated heterocycles. The molecule has 35 heavy (non-hydrogen) atoms. The summed E-state index contributed by atoms with van der Waals surface area (Å²) in [7, 11) is 0. The van der Waals surface area contributed by atoms with E-state index in [1.807, 2.05) is 48.5 Å². The van der Waals surface area contributed by atoms with E-state index in [2.05, 4.69) is 15.3 Å². The SMILES string of the molecule is Cc1c[nH]c(CC(N)=O)c1C(=O)NC1CN(C(=O)c2cc3ccccc3cn2)Cc2ccccc21. The van der Waals surface area contributed by atoms with Gasteiger partial charge in [0.15, 0.2) is 0 Å². The average molecular weight is 468 g/mol. The number of pyridine rings is 1. The minimum atomic E-state index is -0.524. The number of carbonyl (C=O) groups is 3. The zero-order chi connectivity index (χ0) is 24.5. The van der Waals surface area contributed by atoms with E-state index in [0.717, 1.165) is 27.5 Å². The third kappa shape index (κ3) is 4.38. The summed E-state index contributed by atoms with van der Waals surface area (Å²) in [6.07, 6.45) is 3.33. The number of hydrogen-bond donors (Lipinski definition) is 3. The standard InChI is InChI=1S/C27H25N5O3/c1-16-12-29-21(11-24(28)33)25(16)26(34)31-23-15-32(14-19-8-4-5-9-20(19)23)27(35)22-10-17-6-2-3-7-18(17)13-30-22/h2-10,12-13,23,29H,11,14-15H2,1H3,(H2,28,33)(H,31,34). The Morgan fingerprint density at radius 2 is 1.86 bits per heavy atom. The van der Waals surface area contributed by atoms with Crippen molar-refractivity contribution < 1.29 is 14.4 Å². The number of nitrogens with zero attached hydrogens (tertiary/aromatic N) is 2. The Labute approximate surface area is 202 Å². The summed E-state index contributed by atoms with van der Waals surface area (Å²) < 4.78 is 0. The van der Waals surface area contributed by atoms with Gasteiger partial charge in [0.05, 0.1) is 18.0 Å². The Morgan fingerprint density at radius 3 is 2.66 bits per heavy atom. The molecule has 1 unspecified atom stereocenters. The highest BCUT2D eigenvalue weighted by molar-refractivity contribution is 5.99. The minimum Gasteiger partial charge on any atom is -0.369 e. The van der Waals surface area contributed by atoms with E-state index >= 15 is 0 Å². The maximum Gasteiger partial charge on any atom is 0.272 e. The highest BCUT2D eigenvalue weighted by Crippen LogP contribution is 2.28. The van der Waals surface area contributed by atoms with Gasteiger partial charge in [-0.2, -0.15) is 0 Å². The molecule has 0 radical (unpaired) electrons. The molecule has 2 aromatic carbocycles. The number of aromatic amines is 1. The molecule has 4 aromatic rings. The predicted octanol–water partition coefficient (Wildman–Crippen LogP) is 3.03.